The van der Waals surface area contributed by atoms with Gasteiger partial charge in [-0.1, -0.05) is 6.92 Å². The number of furan rings is 1. The van der Waals surface area contributed by atoms with Crippen molar-refractivity contribution in [1.29, 1.82) is 0 Å². The van der Waals surface area contributed by atoms with Crippen LogP contribution in [0.25, 0.3) is 0 Å². The molecule has 1 atom stereocenters. The summed E-state index contributed by atoms with van der Waals surface area (Å²) < 4.78 is 10.5. The number of hydrogen-bond acceptors (Lipinski definition) is 7. The van der Waals surface area contributed by atoms with Crippen molar-refractivity contribution < 1.29 is 23.5 Å². The maximum atomic E-state index is 12.8. The Morgan fingerprint density at radius 2 is 2.03 bits per heavy atom. The second-order valence-corrected chi connectivity index (χ2v) is 9.48. The lowest BCUT2D eigenvalue weighted by atomic mass is 9.88. The Morgan fingerprint density at radius 3 is 2.72 bits per heavy atom. The molecule has 0 aromatic carbocycles. The topological polar surface area (TPSA) is 92.1 Å². The van der Waals surface area contributed by atoms with E-state index in [-0.39, 0.29) is 24.3 Å². The van der Waals surface area contributed by atoms with Crippen molar-refractivity contribution in [3.63, 3.8) is 0 Å². The maximum absolute atomic E-state index is 12.8. The average Bonchev–Trinajstić information content (AvgIpc) is 3.41. The van der Waals surface area contributed by atoms with Gasteiger partial charge in [-0.2, -0.15) is 0 Å². The summed E-state index contributed by atoms with van der Waals surface area (Å²) in [6, 6.07) is 3.35. The molecule has 1 saturated heterocycles. The summed E-state index contributed by atoms with van der Waals surface area (Å²) >= 11 is 1.50. The molecule has 1 N–H and O–H groups in total. The number of carbonyl (C=O) groups is 3. The SMILES string of the molecule is CCOC(=O)c1c(NC(=O)CN2CCN(C(=O)c3ccco3)CC2)sc2c1CC[C@@H](C)C2. The third kappa shape index (κ3) is 4.88. The Hall–Kier alpha value is -2.65. The second kappa shape index (κ2) is 9.87. The minimum Gasteiger partial charge on any atom is -0.462 e. The molecule has 0 unspecified atom stereocenters. The van der Waals surface area contributed by atoms with Crippen molar-refractivity contribution in [2.24, 2.45) is 5.92 Å². The predicted octanol–water partition coefficient (Wildman–Crippen LogP) is 3.04. The molecule has 0 spiro atoms. The number of anilines is 1. The molecular weight excluding hydrogens is 430 g/mol. The fourth-order valence-electron chi connectivity index (χ4n) is 4.29. The quantitative estimate of drug-likeness (QED) is 0.668. The maximum Gasteiger partial charge on any atom is 0.341 e. The minimum absolute atomic E-state index is 0.128. The van der Waals surface area contributed by atoms with Crippen molar-refractivity contribution in [1.82, 2.24) is 9.80 Å². The Kier molecular flexibility index (Phi) is 6.95. The molecule has 2 aliphatic rings. The number of carbonyl (C=O) groups excluding carboxylic acids is 3. The summed E-state index contributed by atoms with van der Waals surface area (Å²) in [4.78, 5) is 42.7. The van der Waals surface area contributed by atoms with Gasteiger partial charge in [0.25, 0.3) is 5.91 Å². The molecular formula is C23H29N3O5S. The molecule has 0 radical (unpaired) electrons. The highest BCUT2D eigenvalue weighted by molar-refractivity contribution is 7.17. The van der Waals surface area contributed by atoms with Gasteiger partial charge in [0.2, 0.25) is 5.91 Å². The number of nitrogens with zero attached hydrogens (tertiary/aromatic N) is 2. The molecule has 8 nitrogen and oxygen atoms in total. The number of piperazine rings is 1. The van der Waals surface area contributed by atoms with Crippen LogP contribution in [-0.4, -0.2) is 66.9 Å². The smallest absolute Gasteiger partial charge is 0.341 e. The van der Waals surface area contributed by atoms with Crippen LogP contribution in [0.4, 0.5) is 5.00 Å². The number of esters is 1. The predicted molar refractivity (Wildman–Crippen MR) is 121 cm³/mol. The van der Waals surface area contributed by atoms with Gasteiger partial charge in [0, 0.05) is 31.1 Å². The van der Waals surface area contributed by atoms with Gasteiger partial charge < -0.3 is 19.4 Å². The minimum atomic E-state index is -0.361. The van der Waals surface area contributed by atoms with Crippen LogP contribution in [0.15, 0.2) is 22.8 Å². The number of nitrogens with one attached hydrogen (secondary N) is 1. The van der Waals surface area contributed by atoms with Gasteiger partial charge in [-0.05, 0) is 49.8 Å². The molecule has 2 aromatic rings. The van der Waals surface area contributed by atoms with E-state index >= 15 is 0 Å². The van der Waals surface area contributed by atoms with Gasteiger partial charge in [-0.15, -0.1) is 11.3 Å². The van der Waals surface area contributed by atoms with Crippen molar-refractivity contribution in [3.8, 4) is 0 Å². The van der Waals surface area contributed by atoms with Gasteiger partial charge in [-0.3, -0.25) is 14.5 Å². The largest absolute Gasteiger partial charge is 0.462 e. The van der Waals surface area contributed by atoms with E-state index in [1.165, 1.54) is 22.5 Å². The van der Waals surface area contributed by atoms with Gasteiger partial charge in [0.05, 0.1) is 25.0 Å². The summed E-state index contributed by atoms with van der Waals surface area (Å²) in [7, 11) is 0. The Bertz CT molecular complexity index is 976. The van der Waals surface area contributed by atoms with E-state index in [9.17, 15) is 14.4 Å². The number of hydrogen-bond donors (Lipinski definition) is 1. The zero-order chi connectivity index (χ0) is 22.7. The number of rotatable bonds is 6. The standard InChI is InChI=1S/C23H29N3O5S/c1-3-30-23(29)20-16-7-6-15(2)13-18(16)32-21(20)24-19(27)14-25-8-10-26(11-9-25)22(28)17-5-4-12-31-17/h4-5,12,15H,3,6-11,13-14H2,1-2H3,(H,24,27)/t15-/m1/s1. The van der Waals surface area contributed by atoms with E-state index in [1.807, 2.05) is 4.90 Å². The zero-order valence-electron chi connectivity index (χ0n) is 18.5. The molecule has 172 valence electrons. The van der Waals surface area contributed by atoms with E-state index in [0.29, 0.717) is 55.0 Å². The first kappa shape index (κ1) is 22.5. The lowest BCUT2D eigenvalue weighted by Crippen LogP contribution is -2.50. The molecule has 0 bridgehead atoms. The Morgan fingerprint density at radius 1 is 1.25 bits per heavy atom. The van der Waals surface area contributed by atoms with Crippen LogP contribution in [0.2, 0.25) is 0 Å². The fourth-order valence-corrected chi connectivity index (χ4v) is 5.71. The molecule has 2 amide bonds. The van der Waals surface area contributed by atoms with Crippen LogP contribution in [0.1, 0.15) is 51.6 Å². The summed E-state index contributed by atoms with van der Waals surface area (Å²) in [5.74, 6) is 0.253. The van der Waals surface area contributed by atoms with E-state index in [4.69, 9.17) is 9.15 Å². The summed E-state index contributed by atoms with van der Waals surface area (Å²) in [6.07, 6.45) is 4.28. The van der Waals surface area contributed by atoms with Crippen molar-refractivity contribution in [3.05, 3.63) is 40.2 Å². The molecule has 1 fully saturated rings. The Balaban J connectivity index is 1.37. The highest BCUT2D eigenvalue weighted by Gasteiger charge is 2.30. The number of ether oxygens (including phenoxy) is 1. The Labute approximate surface area is 191 Å². The first-order valence-electron chi connectivity index (χ1n) is 11.1. The zero-order valence-corrected chi connectivity index (χ0v) is 19.3. The lowest BCUT2D eigenvalue weighted by molar-refractivity contribution is -0.117. The fraction of sp³-hybridized carbons (Fsp3) is 0.522. The molecule has 9 heteroatoms. The van der Waals surface area contributed by atoms with Gasteiger partial charge in [0.1, 0.15) is 5.00 Å². The van der Waals surface area contributed by atoms with Crippen LogP contribution in [0.3, 0.4) is 0 Å². The van der Waals surface area contributed by atoms with Crippen LogP contribution in [0, 0.1) is 5.92 Å². The number of thiophene rings is 1. The van der Waals surface area contributed by atoms with Crippen LogP contribution in [0.5, 0.6) is 0 Å². The van der Waals surface area contributed by atoms with E-state index in [2.05, 4.69) is 12.2 Å². The highest BCUT2D eigenvalue weighted by Crippen LogP contribution is 2.40. The average molecular weight is 460 g/mol. The summed E-state index contributed by atoms with van der Waals surface area (Å²) in [6.45, 7) is 6.77. The van der Waals surface area contributed by atoms with Gasteiger partial charge in [-0.25, -0.2) is 4.79 Å². The normalized spacial score (nSPS) is 18.8. The third-order valence-corrected chi connectivity index (χ3v) is 7.17. The molecule has 0 saturated carbocycles. The second-order valence-electron chi connectivity index (χ2n) is 8.37. The van der Waals surface area contributed by atoms with Crippen LogP contribution in [-0.2, 0) is 22.4 Å². The lowest BCUT2D eigenvalue weighted by Gasteiger charge is -2.33. The van der Waals surface area contributed by atoms with Crippen molar-refractivity contribution in [2.45, 2.75) is 33.1 Å². The summed E-state index contributed by atoms with van der Waals surface area (Å²) in [5, 5.41) is 3.56. The third-order valence-electron chi connectivity index (χ3n) is 6.00. The molecule has 32 heavy (non-hydrogen) atoms. The molecule has 3 heterocycles. The van der Waals surface area contributed by atoms with Crippen LogP contribution < -0.4 is 5.32 Å². The van der Waals surface area contributed by atoms with E-state index in [1.54, 1.807) is 24.0 Å². The number of fused-ring (bicyclic) bond motifs is 1. The van der Waals surface area contributed by atoms with E-state index < -0.39 is 0 Å². The van der Waals surface area contributed by atoms with Crippen molar-refractivity contribution in [2.75, 3.05) is 44.6 Å². The van der Waals surface area contributed by atoms with Gasteiger partial charge >= 0.3 is 5.97 Å². The first-order valence-corrected chi connectivity index (χ1v) is 11.9. The monoisotopic (exact) mass is 459 g/mol. The van der Waals surface area contributed by atoms with Gasteiger partial charge in [0.15, 0.2) is 5.76 Å². The van der Waals surface area contributed by atoms with Crippen molar-refractivity contribution >= 4 is 34.1 Å². The molecule has 4 rings (SSSR count). The number of amides is 2. The first-order chi connectivity index (χ1) is 15.5. The molecule has 1 aliphatic carbocycles. The summed E-state index contributed by atoms with van der Waals surface area (Å²) in [5.41, 5.74) is 1.56. The van der Waals surface area contributed by atoms with E-state index in [0.717, 1.165) is 24.8 Å². The molecule has 2 aromatic heterocycles. The molecule has 1 aliphatic heterocycles. The van der Waals surface area contributed by atoms with Crippen LogP contribution >= 0.6 is 11.3 Å². The highest BCUT2D eigenvalue weighted by atomic mass is 32.1.